The van der Waals surface area contributed by atoms with Crippen molar-refractivity contribution in [3.63, 3.8) is 0 Å². The summed E-state index contributed by atoms with van der Waals surface area (Å²) >= 11 is 3.01. The zero-order chi connectivity index (χ0) is 13.1. The van der Waals surface area contributed by atoms with Crippen molar-refractivity contribution in [1.29, 1.82) is 0 Å². The molecule has 1 atom stereocenters. The van der Waals surface area contributed by atoms with Gasteiger partial charge in [0.1, 0.15) is 0 Å². The number of rotatable bonds is 5. The Morgan fingerprint density at radius 2 is 2.22 bits per heavy atom. The number of nitrogens with zero attached hydrogens (tertiary/aromatic N) is 1. The van der Waals surface area contributed by atoms with Crippen LogP contribution in [0.3, 0.4) is 0 Å². The third-order valence-corrected chi connectivity index (χ3v) is 4.25. The minimum Gasteiger partial charge on any atom is -0.476 e. The minimum absolute atomic E-state index is 0.0937. The fourth-order valence-electron chi connectivity index (χ4n) is 1.61. The van der Waals surface area contributed by atoms with E-state index in [4.69, 9.17) is 5.11 Å². The highest BCUT2D eigenvalue weighted by molar-refractivity contribution is 7.14. The Balaban J connectivity index is 2.16. The van der Waals surface area contributed by atoms with Crippen LogP contribution >= 0.6 is 22.7 Å². The maximum Gasteiger partial charge on any atom is 0.355 e. The number of aromatic nitrogens is 1. The molecular formula is C12H14N2O2S2. The van der Waals surface area contributed by atoms with E-state index in [0.29, 0.717) is 11.0 Å². The third kappa shape index (κ3) is 2.88. The van der Waals surface area contributed by atoms with Gasteiger partial charge in [-0.1, -0.05) is 19.9 Å². The molecule has 0 radical (unpaired) electrons. The predicted molar refractivity (Wildman–Crippen MR) is 74.6 cm³/mol. The Morgan fingerprint density at radius 1 is 1.44 bits per heavy atom. The second-order valence-electron chi connectivity index (χ2n) is 4.22. The van der Waals surface area contributed by atoms with Gasteiger partial charge in [0.15, 0.2) is 10.8 Å². The zero-order valence-electron chi connectivity index (χ0n) is 10.1. The lowest BCUT2D eigenvalue weighted by Crippen LogP contribution is -2.15. The molecule has 18 heavy (non-hydrogen) atoms. The van der Waals surface area contributed by atoms with Gasteiger partial charge in [-0.15, -0.1) is 22.7 Å². The molecule has 2 aromatic heterocycles. The molecule has 4 nitrogen and oxygen atoms in total. The van der Waals surface area contributed by atoms with Gasteiger partial charge in [-0.05, 0) is 17.4 Å². The van der Waals surface area contributed by atoms with Gasteiger partial charge in [-0.25, -0.2) is 9.78 Å². The van der Waals surface area contributed by atoms with Crippen LogP contribution in [0, 0.1) is 5.92 Å². The molecule has 2 N–H and O–H groups in total. The number of carboxylic acids is 1. The standard InChI is InChI=1S/C12H14N2O2S2/c1-7(2)10(9-4-3-5-17-9)14-12-13-8(6-18-12)11(15)16/h3-7,10H,1-2H3,(H,13,14)(H,15,16). The van der Waals surface area contributed by atoms with Gasteiger partial charge in [0, 0.05) is 10.3 Å². The molecule has 0 aliphatic heterocycles. The quantitative estimate of drug-likeness (QED) is 0.877. The first-order valence-electron chi connectivity index (χ1n) is 5.56. The highest BCUT2D eigenvalue weighted by atomic mass is 32.1. The number of aromatic carboxylic acids is 1. The van der Waals surface area contributed by atoms with Gasteiger partial charge < -0.3 is 10.4 Å². The van der Waals surface area contributed by atoms with Crippen molar-refractivity contribution >= 4 is 33.8 Å². The first kappa shape index (κ1) is 13.0. The van der Waals surface area contributed by atoms with Crippen LogP contribution in [-0.2, 0) is 0 Å². The molecular weight excluding hydrogens is 268 g/mol. The van der Waals surface area contributed by atoms with E-state index in [0.717, 1.165) is 0 Å². The van der Waals surface area contributed by atoms with E-state index < -0.39 is 5.97 Å². The van der Waals surface area contributed by atoms with Crippen LogP contribution in [0.25, 0.3) is 0 Å². The molecule has 2 heterocycles. The Bertz CT molecular complexity index is 520. The Hall–Kier alpha value is -1.40. The topological polar surface area (TPSA) is 62.2 Å². The van der Waals surface area contributed by atoms with Gasteiger partial charge in [0.2, 0.25) is 0 Å². The molecule has 0 aromatic carbocycles. The average Bonchev–Trinajstić information content (AvgIpc) is 2.96. The number of hydrogen-bond acceptors (Lipinski definition) is 5. The number of thiophene rings is 1. The zero-order valence-corrected chi connectivity index (χ0v) is 11.7. The number of carbonyl (C=O) groups is 1. The molecule has 0 saturated heterocycles. The van der Waals surface area contributed by atoms with E-state index in [1.165, 1.54) is 16.2 Å². The number of nitrogens with one attached hydrogen (secondary N) is 1. The summed E-state index contributed by atoms with van der Waals surface area (Å²) < 4.78 is 0. The number of anilines is 1. The lowest BCUT2D eigenvalue weighted by Gasteiger charge is -2.20. The molecule has 0 amide bonds. The van der Waals surface area contributed by atoms with Crippen LogP contribution < -0.4 is 5.32 Å². The second kappa shape index (κ2) is 5.49. The first-order valence-corrected chi connectivity index (χ1v) is 7.32. The largest absolute Gasteiger partial charge is 0.476 e. The smallest absolute Gasteiger partial charge is 0.355 e. The van der Waals surface area contributed by atoms with Crippen LogP contribution in [0.5, 0.6) is 0 Å². The van der Waals surface area contributed by atoms with Crippen LogP contribution in [0.1, 0.15) is 35.3 Å². The molecule has 0 aliphatic rings. The van der Waals surface area contributed by atoms with Crippen LogP contribution in [0.2, 0.25) is 0 Å². The van der Waals surface area contributed by atoms with Crippen LogP contribution in [0.15, 0.2) is 22.9 Å². The summed E-state index contributed by atoms with van der Waals surface area (Å²) in [7, 11) is 0. The van der Waals surface area contributed by atoms with E-state index >= 15 is 0 Å². The second-order valence-corrected chi connectivity index (χ2v) is 6.06. The van der Waals surface area contributed by atoms with Gasteiger partial charge in [0.25, 0.3) is 0 Å². The van der Waals surface area contributed by atoms with E-state index in [1.54, 1.807) is 16.7 Å². The van der Waals surface area contributed by atoms with E-state index in [9.17, 15) is 4.79 Å². The fourth-order valence-corrected chi connectivity index (χ4v) is 3.28. The maximum absolute atomic E-state index is 10.8. The minimum atomic E-state index is -0.989. The van der Waals surface area contributed by atoms with Crippen molar-refractivity contribution in [3.8, 4) is 0 Å². The molecule has 96 valence electrons. The highest BCUT2D eigenvalue weighted by Gasteiger charge is 2.18. The van der Waals surface area contributed by atoms with Crippen LogP contribution in [0.4, 0.5) is 5.13 Å². The summed E-state index contributed by atoms with van der Waals surface area (Å²) in [4.78, 5) is 16.1. The average molecular weight is 282 g/mol. The van der Waals surface area contributed by atoms with Crippen molar-refractivity contribution in [2.24, 2.45) is 5.92 Å². The molecule has 0 bridgehead atoms. The normalized spacial score (nSPS) is 12.6. The van der Waals surface area contributed by atoms with Gasteiger partial charge >= 0.3 is 5.97 Å². The molecule has 0 saturated carbocycles. The number of thiazole rings is 1. The summed E-state index contributed by atoms with van der Waals surface area (Å²) in [5.41, 5.74) is 0.0937. The van der Waals surface area contributed by atoms with Crippen molar-refractivity contribution in [1.82, 2.24) is 4.98 Å². The van der Waals surface area contributed by atoms with E-state index in [-0.39, 0.29) is 11.7 Å². The summed E-state index contributed by atoms with van der Waals surface area (Å²) in [6.07, 6.45) is 0. The monoisotopic (exact) mass is 282 g/mol. The molecule has 0 spiro atoms. The van der Waals surface area contributed by atoms with Gasteiger partial charge in [0.05, 0.1) is 6.04 Å². The predicted octanol–water partition coefficient (Wildman–Crippen LogP) is 3.71. The molecule has 0 fully saturated rings. The van der Waals surface area contributed by atoms with Gasteiger partial charge in [-0.3, -0.25) is 0 Å². The summed E-state index contributed by atoms with van der Waals surface area (Å²) in [5.74, 6) is -0.586. The Kier molecular flexibility index (Phi) is 3.98. The van der Waals surface area contributed by atoms with Crippen molar-refractivity contribution in [2.75, 3.05) is 5.32 Å². The molecule has 0 aliphatic carbocycles. The molecule has 2 aromatic rings. The molecule has 6 heteroatoms. The van der Waals surface area contributed by atoms with E-state index in [2.05, 4.69) is 30.2 Å². The highest BCUT2D eigenvalue weighted by Crippen LogP contribution is 2.30. The maximum atomic E-state index is 10.8. The van der Waals surface area contributed by atoms with Crippen molar-refractivity contribution < 1.29 is 9.90 Å². The van der Waals surface area contributed by atoms with Gasteiger partial charge in [-0.2, -0.15) is 0 Å². The number of hydrogen-bond donors (Lipinski definition) is 2. The van der Waals surface area contributed by atoms with Crippen molar-refractivity contribution in [3.05, 3.63) is 33.5 Å². The molecule has 2 rings (SSSR count). The third-order valence-electron chi connectivity index (χ3n) is 2.52. The molecule has 1 unspecified atom stereocenters. The Labute approximate surface area is 113 Å². The SMILES string of the molecule is CC(C)C(Nc1nc(C(=O)O)cs1)c1cccs1. The number of carboxylic acid groups (broad SMARTS) is 1. The Morgan fingerprint density at radius 3 is 2.72 bits per heavy atom. The first-order chi connectivity index (χ1) is 8.58. The fraction of sp³-hybridized carbons (Fsp3) is 0.333. The summed E-state index contributed by atoms with van der Waals surface area (Å²) in [5, 5.41) is 16.4. The summed E-state index contributed by atoms with van der Waals surface area (Å²) in [6.45, 7) is 4.26. The lowest BCUT2D eigenvalue weighted by molar-refractivity contribution is 0.0691. The van der Waals surface area contributed by atoms with Crippen LogP contribution in [-0.4, -0.2) is 16.1 Å². The van der Waals surface area contributed by atoms with Crippen molar-refractivity contribution in [2.45, 2.75) is 19.9 Å². The summed E-state index contributed by atoms with van der Waals surface area (Å²) in [6, 6.07) is 4.26. The van der Waals surface area contributed by atoms with E-state index in [1.807, 2.05) is 11.4 Å². The lowest BCUT2D eigenvalue weighted by atomic mass is 10.0.